The quantitative estimate of drug-likeness (QED) is 0.732. The highest BCUT2D eigenvalue weighted by Gasteiger charge is 2.42. The van der Waals surface area contributed by atoms with Crippen LogP contribution in [-0.4, -0.2) is 38.0 Å². The number of sulfonamides is 1. The lowest BCUT2D eigenvalue weighted by molar-refractivity contribution is -0.0241. The van der Waals surface area contributed by atoms with Crippen molar-refractivity contribution in [1.82, 2.24) is 4.31 Å². The molecule has 2 fully saturated rings. The number of rotatable bonds is 2. The molecule has 4 nitrogen and oxygen atoms in total. The standard InChI is InChI=1S/C13H15Br2NO3S/c14-9-4-5-13(10(15)8-9)20(17,18)16-6-7-19-12-3-1-2-11(12)16/h4-5,8,11-12H,1-3,6-7H2. The highest BCUT2D eigenvalue weighted by Crippen LogP contribution is 2.35. The van der Waals surface area contributed by atoms with Gasteiger partial charge >= 0.3 is 0 Å². The summed E-state index contributed by atoms with van der Waals surface area (Å²) < 4.78 is 34.5. The molecule has 1 aromatic carbocycles. The number of ether oxygens (including phenoxy) is 1. The summed E-state index contributed by atoms with van der Waals surface area (Å²) in [7, 11) is -3.48. The van der Waals surface area contributed by atoms with E-state index in [9.17, 15) is 8.42 Å². The first-order valence-corrected chi connectivity index (χ1v) is 9.61. The maximum atomic E-state index is 12.9. The van der Waals surface area contributed by atoms with E-state index in [0.29, 0.717) is 22.5 Å². The lowest BCUT2D eigenvalue weighted by Gasteiger charge is -2.36. The predicted octanol–water partition coefficient (Wildman–Crippen LogP) is 3.15. The summed E-state index contributed by atoms with van der Waals surface area (Å²) >= 11 is 6.70. The fraction of sp³-hybridized carbons (Fsp3) is 0.538. The Hall–Kier alpha value is 0.0500. The highest BCUT2D eigenvalue weighted by atomic mass is 79.9. The van der Waals surface area contributed by atoms with Gasteiger partial charge in [-0.05, 0) is 53.4 Å². The zero-order valence-electron chi connectivity index (χ0n) is 10.8. The number of hydrogen-bond acceptors (Lipinski definition) is 3. The van der Waals surface area contributed by atoms with Gasteiger partial charge < -0.3 is 4.74 Å². The Bertz CT molecular complexity index is 620. The van der Waals surface area contributed by atoms with Crippen molar-refractivity contribution in [2.45, 2.75) is 36.3 Å². The minimum Gasteiger partial charge on any atom is -0.375 e. The van der Waals surface area contributed by atoms with Crippen LogP contribution in [0.4, 0.5) is 0 Å². The zero-order chi connectivity index (χ0) is 14.3. The Morgan fingerprint density at radius 1 is 1.25 bits per heavy atom. The average Bonchev–Trinajstić information content (AvgIpc) is 2.85. The van der Waals surface area contributed by atoms with E-state index >= 15 is 0 Å². The first-order valence-electron chi connectivity index (χ1n) is 6.58. The summed E-state index contributed by atoms with van der Waals surface area (Å²) in [6.45, 7) is 0.917. The lowest BCUT2D eigenvalue weighted by Crippen LogP contribution is -2.51. The second-order valence-electron chi connectivity index (χ2n) is 5.10. The third-order valence-corrected chi connectivity index (χ3v) is 7.31. The Labute approximate surface area is 135 Å². The van der Waals surface area contributed by atoms with Crippen molar-refractivity contribution in [3.8, 4) is 0 Å². The molecule has 110 valence electrons. The molecule has 1 heterocycles. The van der Waals surface area contributed by atoms with Crippen LogP contribution in [0.3, 0.4) is 0 Å². The van der Waals surface area contributed by atoms with Crippen molar-refractivity contribution in [3.63, 3.8) is 0 Å². The van der Waals surface area contributed by atoms with Crippen molar-refractivity contribution in [2.75, 3.05) is 13.2 Å². The second-order valence-corrected chi connectivity index (χ2v) is 8.73. The van der Waals surface area contributed by atoms with Crippen LogP contribution in [0, 0.1) is 0 Å². The smallest absolute Gasteiger partial charge is 0.244 e. The van der Waals surface area contributed by atoms with E-state index in [1.807, 2.05) is 0 Å². The number of fused-ring (bicyclic) bond motifs is 1. The molecule has 0 radical (unpaired) electrons. The maximum absolute atomic E-state index is 12.9. The molecule has 0 amide bonds. The number of halogens is 2. The van der Waals surface area contributed by atoms with Crippen LogP contribution in [0.5, 0.6) is 0 Å². The van der Waals surface area contributed by atoms with Gasteiger partial charge in [0.2, 0.25) is 10.0 Å². The van der Waals surface area contributed by atoms with Crippen molar-refractivity contribution < 1.29 is 13.2 Å². The van der Waals surface area contributed by atoms with Crippen molar-refractivity contribution in [1.29, 1.82) is 0 Å². The minimum absolute atomic E-state index is 0.00991. The zero-order valence-corrected chi connectivity index (χ0v) is 14.7. The van der Waals surface area contributed by atoms with Crippen LogP contribution < -0.4 is 0 Å². The predicted molar refractivity (Wildman–Crippen MR) is 83.1 cm³/mol. The van der Waals surface area contributed by atoms with E-state index in [0.717, 1.165) is 23.7 Å². The fourth-order valence-electron chi connectivity index (χ4n) is 3.00. The summed E-state index contributed by atoms with van der Waals surface area (Å²) in [4.78, 5) is 0.327. The fourth-order valence-corrected chi connectivity index (χ4v) is 6.37. The Morgan fingerprint density at radius 2 is 2.05 bits per heavy atom. The molecule has 0 N–H and O–H groups in total. The van der Waals surface area contributed by atoms with Crippen LogP contribution in [0.25, 0.3) is 0 Å². The molecule has 0 bridgehead atoms. The Balaban J connectivity index is 1.98. The molecule has 1 saturated carbocycles. The van der Waals surface area contributed by atoms with Gasteiger partial charge in [-0.25, -0.2) is 8.42 Å². The van der Waals surface area contributed by atoms with Gasteiger partial charge in [0.05, 0.1) is 23.6 Å². The second kappa shape index (κ2) is 5.68. The van der Waals surface area contributed by atoms with Crippen LogP contribution in [0.15, 0.2) is 32.0 Å². The first-order chi connectivity index (χ1) is 9.50. The molecule has 3 rings (SSSR count). The Kier molecular flexibility index (Phi) is 4.25. The number of morpholine rings is 1. The SMILES string of the molecule is O=S(=O)(c1ccc(Br)cc1Br)N1CCOC2CCCC21. The molecule has 1 aromatic rings. The van der Waals surface area contributed by atoms with E-state index < -0.39 is 10.0 Å². The summed E-state index contributed by atoms with van der Waals surface area (Å²) in [5, 5.41) is 0. The molecule has 0 aromatic heterocycles. The van der Waals surface area contributed by atoms with Crippen LogP contribution in [-0.2, 0) is 14.8 Å². The third-order valence-electron chi connectivity index (χ3n) is 3.91. The maximum Gasteiger partial charge on any atom is 0.244 e. The van der Waals surface area contributed by atoms with Crippen LogP contribution >= 0.6 is 31.9 Å². The highest BCUT2D eigenvalue weighted by molar-refractivity contribution is 9.11. The largest absolute Gasteiger partial charge is 0.375 e. The number of nitrogens with zero attached hydrogens (tertiary/aromatic N) is 1. The van der Waals surface area contributed by atoms with E-state index in [4.69, 9.17) is 4.74 Å². The molecule has 2 unspecified atom stereocenters. The molecule has 20 heavy (non-hydrogen) atoms. The molecule has 2 aliphatic rings. The Morgan fingerprint density at radius 3 is 2.80 bits per heavy atom. The van der Waals surface area contributed by atoms with E-state index in [2.05, 4.69) is 31.9 Å². The summed E-state index contributed by atoms with van der Waals surface area (Å²) in [5.74, 6) is 0. The van der Waals surface area contributed by atoms with E-state index in [1.54, 1.807) is 22.5 Å². The monoisotopic (exact) mass is 423 g/mol. The molecular weight excluding hydrogens is 410 g/mol. The van der Waals surface area contributed by atoms with Crippen LogP contribution in [0.2, 0.25) is 0 Å². The van der Waals surface area contributed by atoms with Gasteiger partial charge in [-0.3, -0.25) is 0 Å². The molecule has 2 atom stereocenters. The number of benzene rings is 1. The van der Waals surface area contributed by atoms with Gasteiger partial charge in [0.15, 0.2) is 0 Å². The molecular formula is C13H15Br2NO3S. The van der Waals surface area contributed by atoms with Crippen molar-refractivity contribution in [2.24, 2.45) is 0 Å². The van der Waals surface area contributed by atoms with E-state index in [-0.39, 0.29) is 12.1 Å². The van der Waals surface area contributed by atoms with Gasteiger partial charge in [0, 0.05) is 15.5 Å². The first kappa shape index (κ1) is 15.0. The summed E-state index contributed by atoms with van der Waals surface area (Å²) in [6, 6.07) is 5.15. The van der Waals surface area contributed by atoms with Gasteiger partial charge in [-0.15, -0.1) is 0 Å². The molecule has 7 heteroatoms. The van der Waals surface area contributed by atoms with Gasteiger partial charge in [0.1, 0.15) is 0 Å². The molecule has 1 aliphatic carbocycles. The molecule has 1 aliphatic heterocycles. The molecule has 0 spiro atoms. The summed E-state index contributed by atoms with van der Waals surface area (Å²) in [5.41, 5.74) is 0. The molecule has 1 saturated heterocycles. The van der Waals surface area contributed by atoms with Crippen molar-refractivity contribution >= 4 is 41.9 Å². The normalized spacial score (nSPS) is 27.5. The van der Waals surface area contributed by atoms with Gasteiger partial charge in [-0.1, -0.05) is 15.9 Å². The summed E-state index contributed by atoms with van der Waals surface area (Å²) in [6.07, 6.45) is 2.94. The van der Waals surface area contributed by atoms with Gasteiger partial charge in [-0.2, -0.15) is 4.31 Å². The minimum atomic E-state index is -3.48. The van der Waals surface area contributed by atoms with Crippen LogP contribution in [0.1, 0.15) is 19.3 Å². The lowest BCUT2D eigenvalue weighted by atomic mass is 10.2. The third kappa shape index (κ3) is 2.59. The van der Waals surface area contributed by atoms with E-state index in [1.165, 1.54) is 0 Å². The average molecular weight is 425 g/mol. The van der Waals surface area contributed by atoms with Gasteiger partial charge in [0.25, 0.3) is 0 Å². The topological polar surface area (TPSA) is 46.6 Å². The van der Waals surface area contributed by atoms with Crippen molar-refractivity contribution in [3.05, 3.63) is 27.1 Å². The number of hydrogen-bond donors (Lipinski definition) is 0.